The van der Waals surface area contributed by atoms with Crippen LogP contribution in [0.5, 0.6) is 0 Å². The van der Waals surface area contributed by atoms with E-state index in [1.165, 1.54) is 6.07 Å². The van der Waals surface area contributed by atoms with Gasteiger partial charge in [0, 0.05) is 13.2 Å². The lowest BCUT2D eigenvalue weighted by Gasteiger charge is -2.14. The van der Waals surface area contributed by atoms with Gasteiger partial charge in [0.25, 0.3) is 0 Å². The van der Waals surface area contributed by atoms with E-state index in [0.29, 0.717) is 18.4 Å². The molecule has 0 heterocycles. The molecule has 1 aromatic rings. The molecular formula is C12H17F2O2Si. The predicted molar refractivity (Wildman–Crippen MR) is 64.2 cm³/mol. The second-order valence-electron chi connectivity index (χ2n) is 3.61. The summed E-state index contributed by atoms with van der Waals surface area (Å²) in [4.78, 5) is 0. The van der Waals surface area contributed by atoms with Gasteiger partial charge in [0.2, 0.25) is 0 Å². The van der Waals surface area contributed by atoms with E-state index in [1.807, 2.05) is 13.8 Å². The fourth-order valence-corrected chi connectivity index (χ4v) is 2.88. The molecule has 0 aromatic heterocycles. The van der Waals surface area contributed by atoms with Crippen molar-refractivity contribution >= 4 is 14.5 Å². The zero-order valence-corrected chi connectivity index (χ0v) is 11.1. The topological polar surface area (TPSA) is 18.5 Å². The van der Waals surface area contributed by atoms with Gasteiger partial charge in [-0.3, -0.25) is 0 Å². The van der Waals surface area contributed by atoms with Crippen molar-refractivity contribution in [2.24, 2.45) is 0 Å². The fraction of sp³-hybridized carbons (Fsp3) is 0.500. The number of hydrogen-bond donors (Lipinski definition) is 0. The summed E-state index contributed by atoms with van der Waals surface area (Å²) >= 11 is 0. The maximum Gasteiger partial charge on any atom is 0.423 e. The Kier molecular flexibility index (Phi) is 6.32. The Bertz CT molecular complexity index is 339. The zero-order valence-electron chi connectivity index (χ0n) is 10.1. The molecule has 0 fully saturated rings. The number of halogens is 2. The molecule has 0 atom stereocenters. The van der Waals surface area contributed by atoms with Crippen LogP contribution in [0.15, 0.2) is 18.2 Å². The van der Waals surface area contributed by atoms with E-state index < -0.39 is 20.9 Å². The quantitative estimate of drug-likeness (QED) is 0.701. The smallest absolute Gasteiger partial charge is 0.390 e. The van der Waals surface area contributed by atoms with Gasteiger partial charge >= 0.3 is 9.28 Å². The molecule has 1 aromatic carbocycles. The third-order valence-corrected chi connectivity index (χ3v) is 3.74. The SMILES string of the molecule is CCCO[Si](OCCC)c1ccc(F)c(F)c1. The first-order valence-corrected chi connectivity index (χ1v) is 7.08. The van der Waals surface area contributed by atoms with Gasteiger partial charge in [0.1, 0.15) is 0 Å². The fourth-order valence-electron chi connectivity index (χ4n) is 1.22. The van der Waals surface area contributed by atoms with E-state index in [9.17, 15) is 8.78 Å². The number of hydrogen-bond acceptors (Lipinski definition) is 2. The number of rotatable bonds is 7. The molecule has 0 amide bonds. The van der Waals surface area contributed by atoms with Gasteiger partial charge in [-0.2, -0.15) is 0 Å². The first kappa shape index (κ1) is 14.3. The van der Waals surface area contributed by atoms with E-state index in [4.69, 9.17) is 8.85 Å². The van der Waals surface area contributed by atoms with Crippen molar-refractivity contribution in [3.8, 4) is 0 Å². The third-order valence-electron chi connectivity index (χ3n) is 2.03. The first-order valence-electron chi connectivity index (χ1n) is 5.77. The monoisotopic (exact) mass is 259 g/mol. The minimum Gasteiger partial charge on any atom is -0.390 e. The molecular weight excluding hydrogens is 242 g/mol. The Morgan fingerprint density at radius 2 is 1.59 bits per heavy atom. The van der Waals surface area contributed by atoms with Crippen molar-refractivity contribution in [1.29, 1.82) is 0 Å². The van der Waals surface area contributed by atoms with Gasteiger partial charge in [0.15, 0.2) is 11.6 Å². The zero-order chi connectivity index (χ0) is 12.7. The molecule has 95 valence electrons. The predicted octanol–water partition coefficient (Wildman–Crippen LogP) is 2.51. The van der Waals surface area contributed by atoms with Crippen molar-refractivity contribution in [2.75, 3.05) is 13.2 Å². The molecule has 1 radical (unpaired) electrons. The van der Waals surface area contributed by atoms with Crippen LogP contribution in [0, 0.1) is 11.6 Å². The molecule has 0 saturated heterocycles. The van der Waals surface area contributed by atoms with Crippen LogP contribution in [0.3, 0.4) is 0 Å². The van der Waals surface area contributed by atoms with Gasteiger partial charge in [-0.05, 0) is 30.2 Å². The summed E-state index contributed by atoms with van der Waals surface area (Å²) in [5, 5.41) is 0.607. The molecule has 1 rings (SSSR count). The first-order chi connectivity index (χ1) is 8.19. The Balaban J connectivity index is 2.75. The van der Waals surface area contributed by atoms with Crippen molar-refractivity contribution < 1.29 is 17.6 Å². The highest BCUT2D eigenvalue weighted by atomic mass is 28.3. The average molecular weight is 259 g/mol. The summed E-state index contributed by atoms with van der Waals surface area (Å²) in [7, 11) is -1.69. The van der Waals surface area contributed by atoms with Crippen LogP contribution >= 0.6 is 0 Å². The van der Waals surface area contributed by atoms with Crippen molar-refractivity contribution in [3.63, 3.8) is 0 Å². The highest BCUT2D eigenvalue weighted by molar-refractivity contribution is 6.61. The van der Waals surface area contributed by atoms with E-state index in [0.717, 1.165) is 25.0 Å². The van der Waals surface area contributed by atoms with Crippen LogP contribution in [-0.4, -0.2) is 22.5 Å². The van der Waals surface area contributed by atoms with Crippen molar-refractivity contribution in [2.45, 2.75) is 26.7 Å². The van der Waals surface area contributed by atoms with Crippen LogP contribution in [-0.2, 0) is 8.85 Å². The second-order valence-corrected chi connectivity index (χ2v) is 5.34. The molecule has 0 N–H and O–H groups in total. The molecule has 5 heteroatoms. The van der Waals surface area contributed by atoms with Crippen LogP contribution in [0.25, 0.3) is 0 Å². The Morgan fingerprint density at radius 1 is 1.00 bits per heavy atom. The van der Waals surface area contributed by atoms with Crippen LogP contribution in [0.4, 0.5) is 8.78 Å². The molecule has 17 heavy (non-hydrogen) atoms. The molecule has 2 nitrogen and oxygen atoms in total. The molecule has 0 spiro atoms. The molecule has 0 bridgehead atoms. The molecule has 0 aliphatic rings. The largest absolute Gasteiger partial charge is 0.423 e. The Morgan fingerprint density at radius 3 is 2.06 bits per heavy atom. The summed E-state index contributed by atoms with van der Waals surface area (Å²) in [6, 6.07) is 3.80. The van der Waals surface area contributed by atoms with E-state index >= 15 is 0 Å². The highest BCUT2D eigenvalue weighted by Gasteiger charge is 2.20. The Labute approximate surface area is 102 Å². The lowest BCUT2D eigenvalue weighted by molar-refractivity contribution is 0.207. The minimum atomic E-state index is -1.69. The van der Waals surface area contributed by atoms with Crippen molar-refractivity contribution in [3.05, 3.63) is 29.8 Å². The molecule has 0 aliphatic heterocycles. The molecule has 0 unspecified atom stereocenters. The summed E-state index contributed by atoms with van der Waals surface area (Å²) in [5.41, 5.74) is 0. The summed E-state index contributed by atoms with van der Waals surface area (Å²) in [6.45, 7) is 5.11. The van der Waals surface area contributed by atoms with E-state index in [1.54, 1.807) is 0 Å². The van der Waals surface area contributed by atoms with Gasteiger partial charge in [0.05, 0.1) is 0 Å². The van der Waals surface area contributed by atoms with Gasteiger partial charge < -0.3 is 8.85 Å². The van der Waals surface area contributed by atoms with E-state index in [-0.39, 0.29) is 0 Å². The summed E-state index contributed by atoms with van der Waals surface area (Å²) in [5.74, 6) is -1.70. The Hall–Kier alpha value is -0.783. The maximum atomic E-state index is 13.1. The normalized spacial score (nSPS) is 11.1. The summed E-state index contributed by atoms with van der Waals surface area (Å²) in [6.07, 6.45) is 1.74. The molecule has 0 saturated carbocycles. The average Bonchev–Trinajstić information content (AvgIpc) is 2.33. The van der Waals surface area contributed by atoms with Gasteiger partial charge in [-0.1, -0.05) is 19.9 Å². The van der Waals surface area contributed by atoms with E-state index in [2.05, 4.69) is 0 Å². The minimum absolute atomic E-state index is 0.566. The highest BCUT2D eigenvalue weighted by Crippen LogP contribution is 2.04. The lowest BCUT2D eigenvalue weighted by Crippen LogP contribution is -2.37. The summed E-state index contributed by atoms with van der Waals surface area (Å²) < 4.78 is 37.1. The second kappa shape index (κ2) is 7.52. The number of benzene rings is 1. The van der Waals surface area contributed by atoms with Gasteiger partial charge in [-0.15, -0.1) is 0 Å². The standard InChI is InChI=1S/C12H17F2O2Si/c1-3-7-15-17(16-8-4-2)10-5-6-11(13)12(14)9-10/h5-6,9H,3-4,7-8H2,1-2H3. The lowest BCUT2D eigenvalue weighted by atomic mass is 10.3. The van der Waals surface area contributed by atoms with Crippen LogP contribution < -0.4 is 5.19 Å². The van der Waals surface area contributed by atoms with Crippen LogP contribution in [0.1, 0.15) is 26.7 Å². The van der Waals surface area contributed by atoms with Crippen molar-refractivity contribution in [1.82, 2.24) is 0 Å². The van der Waals surface area contributed by atoms with Gasteiger partial charge in [-0.25, -0.2) is 8.78 Å². The van der Waals surface area contributed by atoms with Crippen LogP contribution in [0.2, 0.25) is 0 Å². The third kappa shape index (κ3) is 4.53. The maximum absolute atomic E-state index is 13.1. The molecule has 0 aliphatic carbocycles.